The number of benzene rings is 1. The summed E-state index contributed by atoms with van der Waals surface area (Å²) < 4.78 is 19.4. The zero-order valence-corrected chi connectivity index (χ0v) is 25.5. The number of hydrogen-bond donors (Lipinski definition) is 0. The van der Waals surface area contributed by atoms with Crippen molar-refractivity contribution in [2.45, 2.75) is 71.4 Å². The summed E-state index contributed by atoms with van der Waals surface area (Å²) in [5.74, 6) is 0.676. The molecule has 3 aromatic rings. The summed E-state index contributed by atoms with van der Waals surface area (Å²) in [5.41, 5.74) is 4.05. The Morgan fingerprint density at radius 3 is 2.67 bits per heavy atom. The van der Waals surface area contributed by atoms with Gasteiger partial charge in [-0.3, -0.25) is 4.79 Å². The predicted molar refractivity (Wildman–Crippen MR) is 159 cm³/mol. The molecule has 2 heterocycles. The number of aryl methyl sites for hydroxylation is 1. The molecular formula is C31H37NO5SSi. The number of ether oxygens (including phenoxy) is 2. The van der Waals surface area contributed by atoms with Crippen LogP contribution in [0.15, 0.2) is 34.8 Å². The topological polar surface area (TPSA) is 66.8 Å². The Bertz CT molecular complexity index is 1490. The van der Waals surface area contributed by atoms with Gasteiger partial charge in [-0.25, -0.2) is 4.79 Å². The summed E-state index contributed by atoms with van der Waals surface area (Å²) in [6, 6.07) is 6.27. The van der Waals surface area contributed by atoms with Crippen LogP contribution in [0.4, 0.5) is 0 Å². The molecule has 0 aliphatic heterocycles. The maximum Gasteiger partial charge on any atom is 0.343 e. The number of esters is 1. The maximum absolute atomic E-state index is 13.4. The van der Waals surface area contributed by atoms with Crippen LogP contribution in [-0.4, -0.2) is 40.6 Å². The number of pyridine rings is 1. The van der Waals surface area contributed by atoms with Crippen molar-refractivity contribution in [1.29, 1.82) is 0 Å². The van der Waals surface area contributed by atoms with Gasteiger partial charge in [0.25, 0.3) is 0 Å². The Hall–Kier alpha value is -2.68. The molecule has 2 aliphatic rings. The van der Waals surface area contributed by atoms with Gasteiger partial charge in [0.05, 0.1) is 31.2 Å². The smallest absolute Gasteiger partial charge is 0.343 e. The number of carbonyl (C=O) groups is 1. The third kappa shape index (κ3) is 5.51. The molecule has 0 unspecified atom stereocenters. The molecule has 0 spiro atoms. The Morgan fingerprint density at radius 1 is 1.23 bits per heavy atom. The van der Waals surface area contributed by atoms with E-state index >= 15 is 0 Å². The van der Waals surface area contributed by atoms with E-state index in [1.165, 1.54) is 16.0 Å². The minimum absolute atomic E-state index is 0.0786. The van der Waals surface area contributed by atoms with Gasteiger partial charge >= 0.3 is 5.97 Å². The number of nitrogens with zero attached hydrogens (tertiary/aromatic N) is 1. The number of hydrogen-bond acceptors (Lipinski definition) is 6. The van der Waals surface area contributed by atoms with Gasteiger partial charge in [-0.05, 0) is 72.9 Å². The Labute approximate surface area is 236 Å². The van der Waals surface area contributed by atoms with Crippen molar-refractivity contribution < 1.29 is 18.7 Å². The van der Waals surface area contributed by atoms with Gasteiger partial charge < -0.3 is 18.5 Å². The molecule has 0 bridgehead atoms. The molecule has 6 nitrogen and oxygen atoms in total. The molecule has 1 saturated carbocycles. The van der Waals surface area contributed by atoms with Crippen LogP contribution in [0.1, 0.15) is 80.7 Å². The average molecular weight is 564 g/mol. The molecule has 39 heavy (non-hydrogen) atoms. The van der Waals surface area contributed by atoms with Crippen LogP contribution >= 0.6 is 11.3 Å². The predicted octanol–water partition coefficient (Wildman–Crippen LogP) is 7.07. The normalized spacial score (nSPS) is 15.4. The van der Waals surface area contributed by atoms with Crippen LogP contribution in [0, 0.1) is 5.92 Å². The van der Waals surface area contributed by atoms with Crippen molar-refractivity contribution in [3.05, 3.63) is 56.2 Å². The highest BCUT2D eigenvalue weighted by molar-refractivity contribution is 7.15. The van der Waals surface area contributed by atoms with E-state index in [2.05, 4.69) is 39.8 Å². The highest BCUT2D eigenvalue weighted by Crippen LogP contribution is 2.45. The maximum atomic E-state index is 13.4. The number of rotatable bonds is 10. The number of aromatic nitrogens is 1. The largest absolute Gasteiger partial charge is 0.494 e. The fourth-order valence-electron chi connectivity index (χ4n) is 4.82. The van der Waals surface area contributed by atoms with Gasteiger partial charge in [0.1, 0.15) is 5.56 Å². The van der Waals surface area contributed by atoms with Crippen molar-refractivity contribution in [3.8, 4) is 16.2 Å². The number of fused-ring (bicyclic) bond motifs is 2. The van der Waals surface area contributed by atoms with Crippen molar-refractivity contribution in [2.24, 2.45) is 5.92 Å². The molecule has 5 rings (SSSR count). The first-order valence-electron chi connectivity index (χ1n) is 13.8. The lowest BCUT2D eigenvalue weighted by molar-refractivity contribution is 0.0524. The van der Waals surface area contributed by atoms with Crippen LogP contribution in [0.2, 0.25) is 5.04 Å². The second-order valence-corrected chi connectivity index (χ2v) is 14.3. The summed E-state index contributed by atoms with van der Waals surface area (Å²) in [6.45, 7) is 11.7. The zero-order chi connectivity index (χ0) is 27.9. The van der Waals surface area contributed by atoms with E-state index in [0.717, 1.165) is 41.6 Å². The minimum atomic E-state index is -0.576. The molecule has 0 atom stereocenters. The van der Waals surface area contributed by atoms with E-state index in [-0.39, 0.29) is 28.7 Å². The van der Waals surface area contributed by atoms with Crippen molar-refractivity contribution >= 4 is 44.0 Å². The van der Waals surface area contributed by atoms with E-state index in [4.69, 9.17) is 13.9 Å². The quantitative estimate of drug-likeness (QED) is 0.195. The average Bonchev–Trinajstić information content (AvgIpc) is 3.66. The fourth-order valence-corrected chi connectivity index (χ4v) is 6.85. The lowest BCUT2D eigenvalue weighted by atomic mass is 9.98. The van der Waals surface area contributed by atoms with Crippen molar-refractivity contribution in [1.82, 2.24) is 4.57 Å². The molecule has 2 aliphatic carbocycles. The van der Waals surface area contributed by atoms with E-state index in [1.807, 2.05) is 16.7 Å². The first kappa shape index (κ1) is 27.9. The van der Waals surface area contributed by atoms with Gasteiger partial charge in [-0.15, -0.1) is 11.3 Å². The van der Waals surface area contributed by atoms with E-state index < -0.39 is 5.97 Å². The van der Waals surface area contributed by atoms with E-state index in [1.54, 1.807) is 31.6 Å². The number of carbonyl (C=O) groups excluding carboxylic acids is 1. The minimum Gasteiger partial charge on any atom is -0.494 e. The lowest BCUT2D eigenvalue weighted by Gasteiger charge is -2.27. The number of methoxy groups -OCH3 is 1. The Kier molecular flexibility index (Phi) is 7.90. The molecule has 2 aromatic heterocycles. The van der Waals surface area contributed by atoms with Gasteiger partial charge in [-0.2, -0.15) is 0 Å². The molecule has 2 radical (unpaired) electrons. The first-order chi connectivity index (χ1) is 18.6. The Morgan fingerprint density at radius 2 is 2.00 bits per heavy atom. The first-order valence-corrected chi connectivity index (χ1v) is 15.5. The van der Waals surface area contributed by atoms with Crippen LogP contribution < -0.4 is 10.2 Å². The van der Waals surface area contributed by atoms with Crippen LogP contribution in [0.25, 0.3) is 27.4 Å². The van der Waals surface area contributed by atoms with Crippen molar-refractivity contribution in [2.75, 3.05) is 20.3 Å². The standard InChI is InChI=1S/C31H37NO5SSi/c1-7-36-30(34)24-16-32(21-9-10-21)27-23(28(24)33)12-11-22(29(27)35-6)26-15-20-14-19(8-13-25(20)38-26)17-37-39-31(4,5)18(2)3/h11-12,14-16,18,21H,7-10,13,17H2,1-6H3. The van der Waals surface area contributed by atoms with Gasteiger partial charge in [-0.1, -0.05) is 33.8 Å². The summed E-state index contributed by atoms with van der Waals surface area (Å²) in [4.78, 5) is 28.4. The Balaban J connectivity index is 1.50. The van der Waals surface area contributed by atoms with Crippen LogP contribution in [-0.2, 0) is 15.6 Å². The monoisotopic (exact) mass is 563 g/mol. The van der Waals surface area contributed by atoms with Crippen LogP contribution in [0.3, 0.4) is 0 Å². The second kappa shape index (κ2) is 11.1. The SMILES string of the molecule is CCOC(=O)c1cn(C2CC2)c2c(OC)c(-c3cc4c(s3)CCC(CO[Si]C(C)(C)C(C)C)=C4)ccc2c1=O. The highest BCUT2D eigenvalue weighted by atomic mass is 32.1. The number of thiophene rings is 1. The summed E-state index contributed by atoms with van der Waals surface area (Å²) >= 11 is 1.78. The molecule has 0 amide bonds. The van der Waals surface area contributed by atoms with Crippen LogP contribution in [0.5, 0.6) is 5.75 Å². The molecular weight excluding hydrogens is 526 g/mol. The molecule has 0 saturated heterocycles. The summed E-state index contributed by atoms with van der Waals surface area (Å²) in [5, 5.41) is 0.667. The molecule has 0 N–H and O–H groups in total. The second-order valence-electron chi connectivity index (χ2n) is 11.3. The highest BCUT2D eigenvalue weighted by Gasteiger charge is 2.30. The third-order valence-corrected chi connectivity index (χ3v) is 10.6. The molecule has 206 valence electrons. The van der Waals surface area contributed by atoms with E-state index in [9.17, 15) is 9.59 Å². The molecule has 1 aromatic carbocycles. The van der Waals surface area contributed by atoms with Gasteiger partial charge in [0, 0.05) is 27.6 Å². The zero-order valence-electron chi connectivity index (χ0n) is 23.7. The fraction of sp³-hybridized carbons (Fsp3) is 0.484. The molecule has 1 fully saturated rings. The summed E-state index contributed by atoms with van der Waals surface area (Å²) in [6.07, 6.45) is 7.97. The molecule has 8 heteroatoms. The van der Waals surface area contributed by atoms with E-state index in [0.29, 0.717) is 33.4 Å². The third-order valence-electron chi connectivity index (χ3n) is 7.96. The summed E-state index contributed by atoms with van der Waals surface area (Å²) in [7, 11) is 2.13. The van der Waals surface area contributed by atoms with Crippen molar-refractivity contribution in [3.63, 3.8) is 0 Å². The van der Waals surface area contributed by atoms with Gasteiger partial charge in [0.15, 0.2) is 5.75 Å². The van der Waals surface area contributed by atoms with Gasteiger partial charge in [0.2, 0.25) is 15.2 Å². The lowest BCUT2D eigenvalue weighted by Crippen LogP contribution is -2.23.